The van der Waals surface area contributed by atoms with Crippen molar-refractivity contribution < 1.29 is 14.1 Å². The van der Waals surface area contributed by atoms with E-state index in [1.165, 1.54) is 12.1 Å². The first kappa shape index (κ1) is 18.2. The van der Waals surface area contributed by atoms with Crippen LogP contribution in [0.1, 0.15) is 15.9 Å². The van der Waals surface area contributed by atoms with Gasteiger partial charge in [0, 0.05) is 5.02 Å². The number of halogens is 1. The second-order valence-electron chi connectivity index (χ2n) is 5.58. The van der Waals surface area contributed by atoms with Crippen LogP contribution in [0.2, 0.25) is 5.02 Å². The van der Waals surface area contributed by atoms with Crippen LogP contribution >= 0.6 is 11.6 Å². The Bertz CT molecular complexity index is 929. The Morgan fingerprint density at radius 1 is 0.962 bits per heavy atom. The van der Waals surface area contributed by atoms with Crippen molar-refractivity contribution in [2.45, 2.75) is 11.4 Å². The Labute approximate surface area is 159 Å². The highest BCUT2D eigenvalue weighted by Crippen LogP contribution is 2.25. The van der Waals surface area contributed by atoms with Crippen LogP contribution in [0, 0.1) is 0 Å². The van der Waals surface area contributed by atoms with Gasteiger partial charge in [-0.3, -0.25) is 4.31 Å². The monoisotopic (exact) mass is 385 g/mol. The van der Waals surface area contributed by atoms with Crippen LogP contribution in [0.25, 0.3) is 0 Å². The van der Waals surface area contributed by atoms with E-state index in [-0.39, 0.29) is 5.56 Å². The number of carbonyl (C=O) groups is 1. The molecule has 0 heterocycles. The van der Waals surface area contributed by atoms with Gasteiger partial charge in [-0.2, -0.15) is 0 Å². The molecule has 0 amide bonds. The molecule has 3 rings (SSSR count). The van der Waals surface area contributed by atoms with Crippen LogP contribution in [0.5, 0.6) is 0 Å². The molecule has 0 fully saturated rings. The molecule has 0 saturated heterocycles. The van der Waals surface area contributed by atoms with Gasteiger partial charge >= 0.3 is 5.97 Å². The molecule has 3 aromatic rings. The number of nitrogens with zero attached hydrogens (tertiary/aromatic N) is 1. The molecule has 0 aliphatic carbocycles. The van der Waals surface area contributed by atoms with E-state index in [0.717, 1.165) is 5.56 Å². The largest absolute Gasteiger partial charge is 0.478 e. The van der Waals surface area contributed by atoms with E-state index in [9.17, 15) is 14.1 Å². The lowest BCUT2D eigenvalue weighted by Gasteiger charge is -2.24. The van der Waals surface area contributed by atoms with E-state index in [1.54, 1.807) is 40.7 Å². The smallest absolute Gasteiger partial charge is 0.335 e. The van der Waals surface area contributed by atoms with Crippen LogP contribution in [0.15, 0.2) is 83.8 Å². The average molecular weight is 386 g/mol. The summed E-state index contributed by atoms with van der Waals surface area (Å²) in [6.07, 6.45) is 0. The third-order valence-electron chi connectivity index (χ3n) is 3.77. The molecule has 132 valence electrons. The van der Waals surface area contributed by atoms with Gasteiger partial charge in [0.05, 0.1) is 22.7 Å². The number of carboxylic acid groups (broad SMARTS) is 1. The van der Waals surface area contributed by atoms with Crippen molar-refractivity contribution in [3.05, 3.63) is 95.0 Å². The van der Waals surface area contributed by atoms with E-state index in [2.05, 4.69) is 0 Å². The lowest BCUT2D eigenvalue weighted by Crippen LogP contribution is -2.25. The van der Waals surface area contributed by atoms with Crippen LogP contribution in [-0.4, -0.2) is 15.3 Å². The predicted octanol–water partition coefficient (Wildman–Crippen LogP) is 4.77. The topological polar surface area (TPSA) is 57.6 Å². The molecule has 0 aromatic heterocycles. The second kappa shape index (κ2) is 8.17. The van der Waals surface area contributed by atoms with E-state index in [0.29, 0.717) is 22.2 Å². The minimum absolute atomic E-state index is 0.147. The number of aromatic carboxylic acids is 1. The van der Waals surface area contributed by atoms with Gasteiger partial charge in [0.1, 0.15) is 0 Å². The van der Waals surface area contributed by atoms with Crippen LogP contribution in [0.3, 0.4) is 0 Å². The van der Waals surface area contributed by atoms with Crippen molar-refractivity contribution in [2.24, 2.45) is 0 Å². The van der Waals surface area contributed by atoms with Crippen molar-refractivity contribution in [3.63, 3.8) is 0 Å². The molecular weight excluding hydrogens is 370 g/mol. The normalized spacial score (nSPS) is 11.7. The summed E-state index contributed by atoms with van der Waals surface area (Å²) in [5.74, 6) is -1.02. The molecule has 0 aliphatic rings. The van der Waals surface area contributed by atoms with E-state index < -0.39 is 17.0 Å². The third-order valence-corrected chi connectivity index (χ3v) is 5.43. The van der Waals surface area contributed by atoms with Gasteiger partial charge in [-0.1, -0.05) is 48.0 Å². The molecule has 0 spiro atoms. The summed E-state index contributed by atoms with van der Waals surface area (Å²) in [7, 11) is -1.49. The standard InChI is InChI=1S/C20H16ClNO3S/c21-17-11-9-15(10-12-17)14-22(26(25)19-7-2-1-3-8-19)18-6-4-5-16(13-18)20(23)24/h1-13H,14H2,(H,23,24). The van der Waals surface area contributed by atoms with Gasteiger partial charge < -0.3 is 5.11 Å². The Morgan fingerprint density at radius 2 is 1.65 bits per heavy atom. The Kier molecular flexibility index (Phi) is 5.71. The molecular formula is C20H16ClNO3S. The Balaban J connectivity index is 2.00. The summed E-state index contributed by atoms with van der Waals surface area (Å²) < 4.78 is 14.8. The molecule has 1 unspecified atom stereocenters. The molecule has 0 saturated carbocycles. The Morgan fingerprint density at radius 3 is 2.31 bits per heavy atom. The zero-order chi connectivity index (χ0) is 18.5. The maximum atomic E-state index is 13.2. The lowest BCUT2D eigenvalue weighted by molar-refractivity contribution is 0.0697. The SMILES string of the molecule is O=C(O)c1cccc(N(Cc2ccc(Cl)cc2)S(=O)c2ccccc2)c1. The number of benzene rings is 3. The quantitative estimate of drug-likeness (QED) is 0.665. The lowest BCUT2D eigenvalue weighted by atomic mass is 10.2. The minimum Gasteiger partial charge on any atom is -0.478 e. The van der Waals surface area contributed by atoms with Crippen molar-refractivity contribution in [1.82, 2.24) is 0 Å². The summed E-state index contributed by atoms with van der Waals surface area (Å²) >= 11 is 5.94. The van der Waals surface area contributed by atoms with E-state index in [1.807, 2.05) is 30.3 Å². The first-order valence-electron chi connectivity index (χ1n) is 7.87. The molecule has 1 atom stereocenters. The maximum Gasteiger partial charge on any atom is 0.335 e. The van der Waals surface area contributed by atoms with Gasteiger partial charge in [0.25, 0.3) is 0 Å². The average Bonchev–Trinajstić information content (AvgIpc) is 2.68. The zero-order valence-corrected chi connectivity index (χ0v) is 15.3. The molecule has 3 aromatic carbocycles. The fourth-order valence-corrected chi connectivity index (χ4v) is 3.80. The molecule has 0 bridgehead atoms. The minimum atomic E-state index is -1.49. The van der Waals surface area contributed by atoms with Gasteiger partial charge in [-0.15, -0.1) is 0 Å². The highest BCUT2D eigenvalue weighted by atomic mass is 35.5. The first-order valence-corrected chi connectivity index (χ1v) is 9.35. The molecule has 1 N–H and O–H groups in total. The van der Waals surface area contributed by atoms with Gasteiger partial charge in [-0.05, 0) is 48.0 Å². The van der Waals surface area contributed by atoms with Crippen LogP contribution in [0.4, 0.5) is 5.69 Å². The molecule has 26 heavy (non-hydrogen) atoms. The highest BCUT2D eigenvalue weighted by molar-refractivity contribution is 7.86. The number of carboxylic acids is 1. The Hall–Kier alpha value is -2.63. The fraction of sp³-hybridized carbons (Fsp3) is 0.0500. The summed E-state index contributed by atoms with van der Waals surface area (Å²) in [5, 5.41) is 9.88. The fourth-order valence-electron chi connectivity index (χ4n) is 2.46. The zero-order valence-electron chi connectivity index (χ0n) is 13.7. The van der Waals surface area contributed by atoms with E-state index in [4.69, 9.17) is 11.6 Å². The summed E-state index contributed by atoms with van der Waals surface area (Å²) in [6, 6.07) is 22.8. The van der Waals surface area contributed by atoms with Crippen molar-refractivity contribution in [3.8, 4) is 0 Å². The molecule has 0 radical (unpaired) electrons. The number of hydrogen-bond donors (Lipinski definition) is 1. The number of hydrogen-bond acceptors (Lipinski definition) is 2. The molecule has 6 heteroatoms. The third kappa shape index (κ3) is 4.31. The second-order valence-corrected chi connectivity index (χ2v) is 7.43. The number of rotatable bonds is 6. The summed E-state index contributed by atoms with van der Waals surface area (Å²) in [6.45, 7) is 0.349. The van der Waals surface area contributed by atoms with Gasteiger partial charge in [0.2, 0.25) is 0 Å². The highest BCUT2D eigenvalue weighted by Gasteiger charge is 2.18. The summed E-state index contributed by atoms with van der Waals surface area (Å²) in [4.78, 5) is 11.9. The maximum absolute atomic E-state index is 13.2. The van der Waals surface area contributed by atoms with Crippen LogP contribution in [-0.2, 0) is 17.5 Å². The molecule has 0 aliphatic heterocycles. The van der Waals surface area contributed by atoms with Gasteiger partial charge in [-0.25, -0.2) is 9.00 Å². The van der Waals surface area contributed by atoms with Gasteiger partial charge in [0.15, 0.2) is 11.0 Å². The molecule has 4 nitrogen and oxygen atoms in total. The van der Waals surface area contributed by atoms with Crippen molar-refractivity contribution in [2.75, 3.05) is 4.31 Å². The van der Waals surface area contributed by atoms with E-state index >= 15 is 0 Å². The first-order chi connectivity index (χ1) is 12.5. The number of anilines is 1. The summed E-state index contributed by atoms with van der Waals surface area (Å²) in [5.41, 5.74) is 1.63. The van der Waals surface area contributed by atoms with Crippen LogP contribution < -0.4 is 4.31 Å². The van der Waals surface area contributed by atoms with Crippen molar-refractivity contribution >= 4 is 34.2 Å². The van der Waals surface area contributed by atoms with Crippen molar-refractivity contribution in [1.29, 1.82) is 0 Å². The predicted molar refractivity (Wildman–Crippen MR) is 104 cm³/mol.